The largest absolute Gasteiger partial charge is 0.313 e. The highest BCUT2D eigenvalue weighted by Gasteiger charge is 2.27. The molecular formula is C15H31N3. The summed E-state index contributed by atoms with van der Waals surface area (Å²) in [5.41, 5.74) is 0. The summed E-state index contributed by atoms with van der Waals surface area (Å²) in [5, 5.41) is 3.68. The summed E-state index contributed by atoms with van der Waals surface area (Å²) in [6, 6.07) is 1.55. The second kappa shape index (κ2) is 6.88. The van der Waals surface area contributed by atoms with Gasteiger partial charge in [-0.3, -0.25) is 0 Å². The van der Waals surface area contributed by atoms with E-state index in [4.69, 9.17) is 0 Å². The van der Waals surface area contributed by atoms with Gasteiger partial charge < -0.3 is 15.1 Å². The van der Waals surface area contributed by atoms with E-state index in [-0.39, 0.29) is 0 Å². The fourth-order valence-corrected chi connectivity index (χ4v) is 3.09. The van der Waals surface area contributed by atoms with E-state index in [2.05, 4.69) is 36.0 Å². The molecule has 0 amide bonds. The van der Waals surface area contributed by atoms with Gasteiger partial charge in [0.25, 0.3) is 0 Å². The second-order valence-electron chi connectivity index (χ2n) is 6.23. The summed E-state index contributed by atoms with van der Waals surface area (Å²) < 4.78 is 0. The van der Waals surface area contributed by atoms with Crippen molar-refractivity contribution in [3.05, 3.63) is 0 Å². The smallest absolute Gasteiger partial charge is 0.0117 e. The first kappa shape index (κ1) is 14.3. The molecular weight excluding hydrogens is 222 g/mol. The highest BCUT2D eigenvalue weighted by Crippen LogP contribution is 2.32. The molecule has 0 aromatic heterocycles. The molecule has 18 heavy (non-hydrogen) atoms. The zero-order chi connectivity index (χ0) is 13.0. The molecule has 3 nitrogen and oxygen atoms in total. The molecule has 1 N–H and O–H groups in total. The molecule has 1 aliphatic carbocycles. The summed E-state index contributed by atoms with van der Waals surface area (Å²) in [6.07, 6.45) is 5.59. The highest BCUT2D eigenvalue weighted by molar-refractivity contribution is 4.84. The lowest BCUT2D eigenvalue weighted by molar-refractivity contribution is 0.131. The van der Waals surface area contributed by atoms with Crippen LogP contribution in [0.4, 0.5) is 0 Å². The van der Waals surface area contributed by atoms with Crippen LogP contribution in [0.5, 0.6) is 0 Å². The lowest BCUT2D eigenvalue weighted by Crippen LogP contribution is -2.45. The summed E-state index contributed by atoms with van der Waals surface area (Å²) >= 11 is 0. The fourth-order valence-electron chi connectivity index (χ4n) is 3.09. The van der Waals surface area contributed by atoms with Crippen LogP contribution in [0.2, 0.25) is 0 Å². The van der Waals surface area contributed by atoms with Crippen molar-refractivity contribution < 1.29 is 0 Å². The number of likely N-dealkylation sites (N-methyl/N-ethyl adjacent to an activating group) is 1. The molecule has 106 valence electrons. The van der Waals surface area contributed by atoms with Crippen LogP contribution in [-0.2, 0) is 0 Å². The Morgan fingerprint density at radius 1 is 1.22 bits per heavy atom. The number of likely N-dealkylation sites (tertiary alicyclic amines) is 1. The van der Waals surface area contributed by atoms with Gasteiger partial charge in [-0.2, -0.15) is 0 Å². The number of rotatable bonds is 7. The maximum absolute atomic E-state index is 3.68. The number of nitrogens with zero attached hydrogens (tertiary/aromatic N) is 2. The van der Waals surface area contributed by atoms with Gasteiger partial charge in [0.05, 0.1) is 0 Å². The molecule has 1 atom stereocenters. The first-order chi connectivity index (χ1) is 8.70. The van der Waals surface area contributed by atoms with Gasteiger partial charge in [0, 0.05) is 25.2 Å². The van der Waals surface area contributed by atoms with Crippen molar-refractivity contribution in [1.29, 1.82) is 0 Å². The van der Waals surface area contributed by atoms with E-state index in [0.29, 0.717) is 0 Å². The molecule has 0 bridgehead atoms. The van der Waals surface area contributed by atoms with E-state index in [1.54, 1.807) is 0 Å². The Hall–Kier alpha value is -0.120. The Morgan fingerprint density at radius 3 is 2.44 bits per heavy atom. The molecule has 1 unspecified atom stereocenters. The van der Waals surface area contributed by atoms with E-state index in [1.165, 1.54) is 51.9 Å². The minimum Gasteiger partial charge on any atom is -0.313 e. The van der Waals surface area contributed by atoms with Crippen molar-refractivity contribution in [2.24, 2.45) is 5.92 Å². The molecule has 0 radical (unpaired) electrons. The Bertz CT molecular complexity index is 232. The van der Waals surface area contributed by atoms with E-state index < -0.39 is 0 Å². The second-order valence-corrected chi connectivity index (χ2v) is 6.23. The van der Waals surface area contributed by atoms with Gasteiger partial charge in [0.2, 0.25) is 0 Å². The quantitative estimate of drug-likeness (QED) is 0.746. The Kier molecular flexibility index (Phi) is 5.46. The topological polar surface area (TPSA) is 18.5 Å². The SMILES string of the molecule is CCN1CCC(N(C)CCNC(C)C2CC2)CC1. The zero-order valence-corrected chi connectivity index (χ0v) is 12.5. The lowest BCUT2D eigenvalue weighted by Gasteiger charge is -2.36. The average Bonchev–Trinajstić information content (AvgIpc) is 3.23. The van der Waals surface area contributed by atoms with Gasteiger partial charge in [-0.25, -0.2) is 0 Å². The third-order valence-corrected chi connectivity index (χ3v) is 4.89. The van der Waals surface area contributed by atoms with Gasteiger partial charge in [-0.15, -0.1) is 0 Å². The first-order valence-electron chi connectivity index (χ1n) is 7.86. The van der Waals surface area contributed by atoms with Crippen molar-refractivity contribution in [3.63, 3.8) is 0 Å². The number of hydrogen-bond donors (Lipinski definition) is 1. The van der Waals surface area contributed by atoms with E-state index in [1.807, 2.05) is 0 Å². The molecule has 2 aliphatic rings. The summed E-state index contributed by atoms with van der Waals surface area (Å²) in [4.78, 5) is 5.14. The predicted octanol–water partition coefficient (Wildman–Crippen LogP) is 1.79. The zero-order valence-electron chi connectivity index (χ0n) is 12.5. The first-order valence-corrected chi connectivity index (χ1v) is 7.86. The van der Waals surface area contributed by atoms with Crippen molar-refractivity contribution in [2.45, 2.75) is 51.6 Å². The van der Waals surface area contributed by atoms with E-state index >= 15 is 0 Å². The third kappa shape index (κ3) is 4.22. The van der Waals surface area contributed by atoms with E-state index in [0.717, 1.165) is 24.5 Å². The predicted molar refractivity (Wildman–Crippen MR) is 78.0 cm³/mol. The Labute approximate surface area is 113 Å². The van der Waals surface area contributed by atoms with Crippen LogP contribution in [0.3, 0.4) is 0 Å². The normalized spacial score (nSPS) is 24.7. The molecule has 0 aromatic rings. The van der Waals surface area contributed by atoms with Crippen molar-refractivity contribution in [3.8, 4) is 0 Å². The standard InChI is InChI=1S/C15H31N3/c1-4-18-10-7-15(8-11-18)17(3)12-9-16-13(2)14-5-6-14/h13-16H,4-12H2,1-3H3. The monoisotopic (exact) mass is 253 g/mol. The molecule has 1 aliphatic heterocycles. The van der Waals surface area contributed by atoms with Gasteiger partial charge in [-0.05, 0) is 65.2 Å². The van der Waals surface area contributed by atoms with Crippen LogP contribution in [0.15, 0.2) is 0 Å². The van der Waals surface area contributed by atoms with Crippen LogP contribution >= 0.6 is 0 Å². The van der Waals surface area contributed by atoms with Gasteiger partial charge >= 0.3 is 0 Å². The van der Waals surface area contributed by atoms with E-state index in [9.17, 15) is 0 Å². The van der Waals surface area contributed by atoms with Crippen LogP contribution in [0, 0.1) is 5.92 Å². The fraction of sp³-hybridized carbons (Fsp3) is 1.00. The highest BCUT2D eigenvalue weighted by atomic mass is 15.2. The van der Waals surface area contributed by atoms with Crippen molar-refractivity contribution >= 4 is 0 Å². The molecule has 2 fully saturated rings. The van der Waals surface area contributed by atoms with Gasteiger partial charge in [0.15, 0.2) is 0 Å². The minimum absolute atomic E-state index is 0.736. The Morgan fingerprint density at radius 2 is 1.89 bits per heavy atom. The van der Waals surface area contributed by atoms with Crippen LogP contribution < -0.4 is 5.32 Å². The molecule has 1 saturated heterocycles. The number of nitrogens with one attached hydrogen (secondary N) is 1. The molecule has 0 aromatic carbocycles. The average molecular weight is 253 g/mol. The molecule has 0 spiro atoms. The van der Waals surface area contributed by atoms with Gasteiger partial charge in [-0.1, -0.05) is 6.92 Å². The van der Waals surface area contributed by atoms with Crippen molar-refractivity contribution in [2.75, 3.05) is 39.8 Å². The molecule has 1 heterocycles. The van der Waals surface area contributed by atoms with Gasteiger partial charge in [0.1, 0.15) is 0 Å². The molecule has 2 rings (SSSR count). The third-order valence-electron chi connectivity index (χ3n) is 4.89. The summed E-state index contributed by atoms with van der Waals surface area (Å²) in [7, 11) is 2.30. The van der Waals surface area contributed by atoms with Crippen LogP contribution in [0.1, 0.15) is 39.5 Å². The van der Waals surface area contributed by atoms with Crippen molar-refractivity contribution in [1.82, 2.24) is 15.1 Å². The summed E-state index contributed by atoms with van der Waals surface area (Å²) in [6.45, 7) is 10.8. The minimum atomic E-state index is 0.736. The number of piperidine rings is 1. The maximum Gasteiger partial charge on any atom is 0.0117 e. The number of hydrogen-bond acceptors (Lipinski definition) is 3. The molecule has 1 saturated carbocycles. The Balaban J connectivity index is 1.58. The van der Waals surface area contributed by atoms with Crippen LogP contribution in [0.25, 0.3) is 0 Å². The summed E-state index contributed by atoms with van der Waals surface area (Å²) in [5.74, 6) is 0.975. The van der Waals surface area contributed by atoms with Crippen LogP contribution in [-0.4, -0.2) is 61.7 Å². The lowest BCUT2D eigenvalue weighted by atomic mass is 10.0. The maximum atomic E-state index is 3.68. The molecule has 3 heteroatoms.